The van der Waals surface area contributed by atoms with E-state index in [0.717, 1.165) is 135 Å². The first-order valence-corrected chi connectivity index (χ1v) is 43.4. The van der Waals surface area contributed by atoms with Crippen LogP contribution in [0.3, 0.4) is 0 Å². The number of phosphoric ester groups is 2. The number of unbranched alkanes of at least 4 members (excludes halogenated alkanes) is 27. The number of hydrogen-bond donors (Lipinski definition) is 3. The number of allylic oxidation sites excluding steroid dienone is 22. The summed E-state index contributed by atoms with van der Waals surface area (Å²) in [6.07, 6.45) is 85.9. The zero-order valence-corrected chi connectivity index (χ0v) is 66.9. The maximum absolute atomic E-state index is 13.1. The fourth-order valence-electron chi connectivity index (χ4n) is 10.5. The largest absolute Gasteiger partial charge is 0.472 e. The molecule has 0 aliphatic rings. The van der Waals surface area contributed by atoms with Gasteiger partial charge in [0.1, 0.15) is 19.3 Å². The van der Waals surface area contributed by atoms with Gasteiger partial charge in [-0.25, -0.2) is 9.13 Å². The lowest BCUT2D eigenvalue weighted by molar-refractivity contribution is -0.161. The summed E-state index contributed by atoms with van der Waals surface area (Å²) in [6.45, 7) is 4.60. The van der Waals surface area contributed by atoms with Crippen LogP contribution in [0.5, 0.6) is 0 Å². The average molecular weight is 1500 g/mol. The maximum atomic E-state index is 13.1. The fraction of sp³-hybridized carbons (Fsp3) is 0.694. The van der Waals surface area contributed by atoms with Gasteiger partial charge in [0.2, 0.25) is 0 Å². The van der Waals surface area contributed by atoms with Crippen molar-refractivity contribution >= 4 is 39.5 Å². The summed E-state index contributed by atoms with van der Waals surface area (Å²) in [4.78, 5) is 73.0. The van der Waals surface area contributed by atoms with Crippen molar-refractivity contribution < 1.29 is 80.2 Å². The molecule has 5 atom stereocenters. The van der Waals surface area contributed by atoms with Crippen molar-refractivity contribution in [2.45, 2.75) is 341 Å². The summed E-state index contributed by atoms with van der Waals surface area (Å²) in [6, 6.07) is 0. The van der Waals surface area contributed by atoms with Crippen molar-refractivity contribution in [2.75, 3.05) is 39.6 Å². The predicted molar refractivity (Wildman–Crippen MR) is 427 cm³/mol. The second kappa shape index (κ2) is 76.4. The van der Waals surface area contributed by atoms with Crippen molar-refractivity contribution in [2.24, 2.45) is 0 Å². The molecule has 0 rings (SSSR count). The molecule has 0 fully saturated rings. The summed E-state index contributed by atoms with van der Waals surface area (Å²) in [7, 11) is -10.00. The van der Waals surface area contributed by atoms with Gasteiger partial charge in [0, 0.05) is 25.7 Å². The van der Waals surface area contributed by atoms with E-state index in [0.29, 0.717) is 32.1 Å². The predicted octanol–water partition coefficient (Wildman–Crippen LogP) is 23.7. The Kier molecular flexibility index (Phi) is 72.9. The van der Waals surface area contributed by atoms with Gasteiger partial charge in [0.05, 0.1) is 26.4 Å². The molecule has 0 spiro atoms. The number of carbonyl (C=O) groups excluding carboxylic acids is 4. The van der Waals surface area contributed by atoms with Crippen LogP contribution in [0.1, 0.15) is 323 Å². The first-order valence-electron chi connectivity index (χ1n) is 40.4. The van der Waals surface area contributed by atoms with E-state index < -0.39 is 97.5 Å². The van der Waals surface area contributed by atoms with Crippen LogP contribution in [0.4, 0.5) is 0 Å². The van der Waals surface area contributed by atoms with Crippen molar-refractivity contribution in [3.8, 4) is 0 Å². The minimum atomic E-state index is -5.00. The lowest BCUT2D eigenvalue weighted by atomic mass is 10.0. The molecule has 0 aliphatic carbocycles. The first kappa shape index (κ1) is 99.2. The van der Waals surface area contributed by atoms with Gasteiger partial charge in [-0.15, -0.1) is 0 Å². The molecule has 2 unspecified atom stereocenters. The van der Waals surface area contributed by atoms with Crippen molar-refractivity contribution in [1.29, 1.82) is 0 Å². The lowest BCUT2D eigenvalue weighted by Crippen LogP contribution is -2.30. The van der Waals surface area contributed by atoms with E-state index in [1.807, 2.05) is 18.2 Å². The molecule has 596 valence electrons. The molecular weight excluding hydrogens is 1350 g/mol. The Hall–Kier alpha value is -4.80. The number of phosphoric acid groups is 2. The molecule has 0 aromatic carbocycles. The van der Waals surface area contributed by atoms with Crippen LogP contribution in [-0.2, 0) is 65.4 Å². The SMILES string of the molecule is CC/C=C\C/C=C\C/C=C\C/C=C\C/C=C\CCCCCC(=O)O[C@H](COC(=O)CCCCCCCCCCCCCCC)COP(=O)(O)OC[C@H](O)COP(=O)(O)OC[C@@H](COC(=O)CCCCCCC/C=C\CCCCCC)OC(=O)CC/C=C\C/C=C\C/C=C\C/C=C\C/C=C\CCCCC. The Bertz CT molecular complexity index is 2490. The number of esters is 4. The molecule has 0 radical (unpaired) electrons. The number of rotatable bonds is 75. The van der Waals surface area contributed by atoms with Crippen LogP contribution in [0.2, 0.25) is 0 Å². The highest BCUT2D eigenvalue weighted by Crippen LogP contribution is 2.45. The molecule has 19 heteroatoms. The van der Waals surface area contributed by atoms with E-state index in [1.54, 1.807) is 0 Å². The van der Waals surface area contributed by atoms with Gasteiger partial charge in [0.15, 0.2) is 12.2 Å². The monoisotopic (exact) mass is 1500 g/mol. The number of hydrogen-bond acceptors (Lipinski definition) is 15. The minimum Gasteiger partial charge on any atom is -0.462 e. The molecule has 17 nitrogen and oxygen atoms in total. The Labute approximate surface area is 631 Å². The Morgan fingerprint density at radius 3 is 0.875 bits per heavy atom. The van der Waals surface area contributed by atoms with Crippen LogP contribution < -0.4 is 0 Å². The van der Waals surface area contributed by atoms with E-state index in [1.165, 1.54) is 103 Å². The highest BCUT2D eigenvalue weighted by atomic mass is 31.2. The number of aliphatic hydroxyl groups is 1. The lowest BCUT2D eigenvalue weighted by Gasteiger charge is -2.21. The molecule has 3 N–H and O–H groups in total. The zero-order valence-electron chi connectivity index (χ0n) is 65.2. The topological polar surface area (TPSA) is 237 Å². The molecule has 0 saturated heterocycles. The quantitative estimate of drug-likeness (QED) is 0.0169. The molecule has 0 heterocycles. The zero-order chi connectivity index (χ0) is 76.0. The van der Waals surface area contributed by atoms with E-state index in [-0.39, 0.29) is 25.7 Å². The smallest absolute Gasteiger partial charge is 0.462 e. The van der Waals surface area contributed by atoms with Crippen molar-refractivity contribution in [3.63, 3.8) is 0 Å². The number of carbonyl (C=O) groups is 4. The third-order valence-corrected chi connectivity index (χ3v) is 18.5. The van der Waals surface area contributed by atoms with Crippen LogP contribution in [0.25, 0.3) is 0 Å². The Balaban J connectivity index is 5.46. The second-order valence-corrected chi connectivity index (χ2v) is 29.5. The van der Waals surface area contributed by atoms with E-state index in [9.17, 15) is 43.2 Å². The molecular formula is C85H144O17P2. The molecule has 0 saturated carbocycles. The van der Waals surface area contributed by atoms with Gasteiger partial charge in [-0.05, 0) is 135 Å². The van der Waals surface area contributed by atoms with Gasteiger partial charge in [-0.3, -0.25) is 37.3 Å². The standard InChI is InChI=1S/C85H144O17P2/c1-5-9-13-17-21-25-29-33-35-37-39-41-43-47-51-55-59-63-67-71-84(89)101-80(75-95-82(87)69-65-61-57-53-49-45-31-27-23-19-15-11-7-3)77-99-103(91,92)97-73-79(86)74-98-104(93,94)100-78-81(76-96-83(88)70-66-62-58-54-50-46-32-28-24-20-16-12-8-4)102-85(90)72-68-64-60-56-52-48-44-42-40-38-36-34-30-26-22-18-14-10-6-2/h9,13,21-22,25-26,28,32-36,39-42,47-48,51-52,60,64,79-81,86H,5-8,10-12,14-20,23-24,27,29-31,37-38,43-46,49-50,53-59,61-63,65-78H2,1-4H3,(H,91,92)(H,93,94)/b13-9-,25-21-,26-22-,32-28-,35-33-,36-34-,41-39-,42-40-,51-47-,52-48-,64-60-/t79-,80+,81+/m0/s1. The summed E-state index contributed by atoms with van der Waals surface area (Å²) < 4.78 is 68.5. The summed E-state index contributed by atoms with van der Waals surface area (Å²) in [5.41, 5.74) is 0. The van der Waals surface area contributed by atoms with Crippen LogP contribution in [0, 0.1) is 0 Å². The third kappa shape index (κ3) is 75.4. The Morgan fingerprint density at radius 1 is 0.279 bits per heavy atom. The van der Waals surface area contributed by atoms with Gasteiger partial charge in [-0.1, -0.05) is 296 Å². The van der Waals surface area contributed by atoms with E-state index >= 15 is 0 Å². The summed E-state index contributed by atoms with van der Waals surface area (Å²) >= 11 is 0. The van der Waals surface area contributed by atoms with Crippen molar-refractivity contribution in [3.05, 3.63) is 134 Å². The Morgan fingerprint density at radius 2 is 0.519 bits per heavy atom. The first-order chi connectivity index (χ1) is 50.7. The van der Waals surface area contributed by atoms with Crippen LogP contribution in [0.15, 0.2) is 134 Å². The van der Waals surface area contributed by atoms with Gasteiger partial charge in [-0.2, -0.15) is 0 Å². The summed E-state index contributed by atoms with van der Waals surface area (Å²) in [5.74, 6) is -2.31. The number of aliphatic hydroxyl groups excluding tert-OH is 1. The van der Waals surface area contributed by atoms with Crippen LogP contribution in [-0.4, -0.2) is 96.7 Å². The molecule has 0 bridgehead atoms. The van der Waals surface area contributed by atoms with Gasteiger partial charge >= 0.3 is 39.5 Å². The normalized spacial score (nSPS) is 14.6. The van der Waals surface area contributed by atoms with Crippen molar-refractivity contribution in [1.82, 2.24) is 0 Å². The fourth-order valence-corrected chi connectivity index (χ4v) is 12.0. The molecule has 104 heavy (non-hydrogen) atoms. The maximum Gasteiger partial charge on any atom is 0.472 e. The highest BCUT2D eigenvalue weighted by molar-refractivity contribution is 7.47. The molecule has 0 aliphatic heterocycles. The molecule has 0 aromatic rings. The molecule has 0 amide bonds. The third-order valence-electron chi connectivity index (χ3n) is 16.6. The van der Waals surface area contributed by atoms with Crippen LogP contribution >= 0.6 is 15.6 Å². The van der Waals surface area contributed by atoms with E-state index in [2.05, 4.69) is 143 Å². The molecule has 0 aromatic heterocycles. The van der Waals surface area contributed by atoms with Gasteiger partial charge in [0.25, 0.3) is 0 Å². The summed E-state index contributed by atoms with van der Waals surface area (Å²) in [5, 5.41) is 10.6. The average Bonchev–Trinajstić information content (AvgIpc) is 0.907. The van der Waals surface area contributed by atoms with Gasteiger partial charge < -0.3 is 33.8 Å². The number of ether oxygens (including phenoxy) is 4. The van der Waals surface area contributed by atoms with E-state index in [4.69, 9.17) is 37.0 Å². The minimum absolute atomic E-state index is 0.0328. The second-order valence-electron chi connectivity index (χ2n) is 26.6. The highest BCUT2D eigenvalue weighted by Gasteiger charge is 2.30.